The van der Waals surface area contributed by atoms with E-state index in [4.69, 9.17) is 35.8 Å². The van der Waals surface area contributed by atoms with Crippen LogP contribution in [0.15, 0.2) is 71.5 Å². The van der Waals surface area contributed by atoms with E-state index in [2.05, 4.69) is 40.3 Å². The van der Waals surface area contributed by atoms with Gasteiger partial charge in [0.25, 0.3) is 0 Å². The first kappa shape index (κ1) is 24.8. The van der Waals surface area contributed by atoms with Gasteiger partial charge in [-0.3, -0.25) is 0 Å². The van der Waals surface area contributed by atoms with Crippen molar-refractivity contribution in [2.75, 3.05) is 0 Å². The summed E-state index contributed by atoms with van der Waals surface area (Å²) in [6, 6.07) is 17.8. The van der Waals surface area contributed by atoms with Crippen LogP contribution in [0.3, 0.4) is 0 Å². The molecular formula is C31H30Cl2N3OS+. The van der Waals surface area contributed by atoms with E-state index in [0.29, 0.717) is 38.4 Å². The van der Waals surface area contributed by atoms with Crippen LogP contribution in [-0.2, 0) is 0 Å². The highest BCUT2D eigenvalue weighted by Gasteiger charge is 2.68. The molecule has 1 aromatic heterocycles. The van der Waals surface area contributed by atoms with Crippen molar-refractivity contribution < 1.29 is 9.67 Å². The average molecular weight is 564 g/mol. The molecule has 0 spiro atoms. The lowest BCUT2D eigenvalue weighted by atomic mass is 9.45. The van der Waals surface area contributed by atoms with E-state index in [9.17, 15) is 10.4 Å². The minimum atomic E-state index is -1.32. The Labute approximate surface area is 238 Å². The molecule has 1 aliphatic heterocycles. The Hall–Kier alpha value is -2.23. The summed E-state index contributed by atoms with van der Waals surface area (Å²) < 4.78 is 2.12. The Balaban J connectivity index is 1.48. The van der Waals surface area contributed by atoms with Crippen LogP contribution in [0.2, 0.25) is 10.0 Å². The number of allylic oxidation sites excluding steroid dienone is 1. The van der Waals surface area contributed by atoms with Crippen LogP contribution in [0.1, 0.15) is 56.0 Å². The molecule has 2 N–H and O–H groups in total. The number of halogens is 2. The zero-order valence-corrected chi connectivity index (χ0v) is 23.4. The average Bonchev–Trinajstić information content (AvgIpc) is 2.89. The SMILES string of the molecule is N#CC1=C(S)N[C@@](O)(C23CC4CC(CC(C4)C2)C3)[C@H]([n+]2ccc3ccccc3c2)[C@H]1c1ccc(Cl)c(Cl)c1. The fraction of sp³-hybridized carbons (Fsp3) is 0.419. The van der Waals surface area contributed by atoms with Gasteiger partial charge in [0.2, 0.25) is 11.8 Å². The van der Waals surface area contributed by atoms with Crippen LogP contribution in [0.25, 0.3) is 10.8 Å². The second-order valence-electron chi connectivity index (χ2n) is 12.1. The lowest BCUT2D eigenvalue weighted by Gasteiger charge is -2.63. The maximum Gasteiger partial charge on any atom is 0.217 e. The summed E-state index contributed by atoms with van der Waals surface area (Å²) in [5, 5.41) is 30.6. The molecule has 38 heavy (non-hydrogen) atoms. The molecule has 194 valence electrons. The van der Waals surface area contributed by atoms with Crippen molar-refractivity contribution >= 4 is 46.6 Å². The molecule has 0 unspecified atom stereocenters. The smallest absolute Gasteiger partial charge is 0.217 e. The van der Waals surface area contributed by atoms with Gasteiger partial charge in [-0.15, -0.1) is 12.6 Å². The Morgan fingerprint density at radius 1 is 0.947 bits per heavy atom. The summed E-state index contributed by atoms with van der Waals surface area (Å²) in [6.45, 7) is 0. The van der Waals surface area contributed by atoms with Gasteiger partial charge < -0.3 is 10.4 Å². The molecule has 0 saturated heterocycles. The first-order chi connectivity index (χ1) is 18.3. The zero-order valence-electron chi connectivity index (χ0n) is 20.9. The number of aliphatic hydroxyl groups is 1. The Morgan fingerprint density at radius 3 is 2.24 bits per heavy atom. The monoisotopic (exact) mass is 562 g/mol. The summed E-state index contributed by atoms with van der Waals surface area (Å²) in [5.41, 5.74) is -0.289. The van der Waals surface area contributed by atoms with Crippen LogP contribution in [-0.4, -0.2) is 10.8 Å². The first-order valence-corrected chi connectivity index (χ1v) is 14.7. The fourth-order valence-corrected chi connectivity index (χ4v) is 9.45. The Morgan fingerprint density at radius 2 is 1.61 bits per heavy atom. The van der Waals surface area contributed by atoms with Gasteiger partial charge in [0.15, 0.2) is 12.4 Å². The predicted octanol–water partition coefficient (Wildman–Crippen LogP) is 6.93. The van der Waals surface area contributed by atoms with E-state index in [-0.39, 0.29) is 5.41 Å². The lowest BCUT2D eigenvalue weighted by Crippen LogP contribution is -2.73. The molecule has 3 aromatic rings. The minimum Gasteiger partial charge on any atom is -0.365 e. The number of aromatic nitrogens is 1. The van der Waals surface area contributed by atoms with E-state index >= 15 is 0 Å². The van der Waals surface area contributed by atoms with Crippen molar-refractivity contribution in [1.29, 1.82) is 5.26 Å². The van der Waals surface area contributed by atoms with Crippen LogP contribution < -0.4 is 9.88 Å². The highest BCUT2D eigenvalue weighted by Crippen LogP contribution is 2.66. The maximum atomic E-state index is 13.2. The predicted molar refractivity (Wildman–Crippen MR) is 153 cm³/mol. The second kappa shape index (κ2) is 8.89. The van der Waals surface area contributed by atoms with E-state index in [1.54, 1.807) is 6.07 Å². The van der Waals surface area contributed by atoms with Crippen molar-refractivity contribution in [3.05, 3.63) is 87.1 Å². The number of nitrogens with one attached hydrogen (secondary N) is 1. The summed E-state index contributed by atoms with van der Waals surface area (Å²) in [7, 11) is 0. The molecule has 4 bridgehead atoms. The van der Waals surface area contributed by atoms with Gasteiger partial charge in [-0.25, -0.2) is 0 Å². The number of nitriles is 1. The zero-order chi connectivity index (χ0) is 26.2. The van der Waals surface area contributed by atoms with Gasteiger partial charge in [-0.05, 0) is 85.4 Å². The highest BCUT2D eigenvalue weighted by atomic mass is 35.5. The molecule has 4 fully saturated rings. The molecule has 0 amide bonds. The molecule has 2 heterocycles. The Kier molecular flexibility index (Phi) is 5.80. The number of nitrogens with zero attached hydrogens (tertiary/aromatic N) is 2. The largest absolute Gasteiger partial charge is 0.365 e. The van der Waals surface area contributed by atoms with E-state index < -0.39 is 17.7 Å². The molecule has 4 nitrogen and oxygen atoms in total. The molecule has 4 aliphatic carbocycles. The molecule has 8 rings (SSSR count). The lowest BCUT2D eigenvalue weighted by molar-refractivity contribution is -0.744. The van der Waals surface area contributed by atoms with Crippen LogP contribution in [0, 0.1) is 34.5 Å². The molecule has 5 aliphatic rings. The van der Waals surface area contributed by atoms with Gasteiger partial charge in [0.1, 0.15) is 0 Å². The summed E-state index contributed by atoms with van der Waals surface area (Å²) in [4.78, 5) is 0. The van der Waals surface area contributed by atoms with E-state index in [1.807, 2.05) is 30.5 Å². The molecule has 2 aromatic carbocycles. The third-order valence-electron chi connectivity index (χ3n) is 9.92. The standard InChI is InChI=1S/C31H29Cl2N3OS/c32-25-6-5-22(12-26(25)33)27-24(16-34)29(38)35-31(37,30-13-18-9-19(14-30)11-20(10-18)15-30)28(27)36-8-7-21-3-1-2-4-23(21)17-36/h1-8,12,17-20,27-28,35,37H,9-11,13-15H2/p+1/t18?,19?,20?,27-,28+,30?,31-/m0/s1. The van der Waals surface area contributed by atoms with Crippen molar-refractivity contribution in [2.24, 2.45) is 23.2 Å². The number of benzene rings is 2. The van der Waals surface area contributed by atoms with E-state index in [1.165, 1.54) is 19.3 Å². The number of hydrogen-bond acceptors (Lipinski definition) is 4. The normalized spacial score (nSPS) is 35.8. The summed E-state index contributed by atoms with van der Waals surface area (Å²) in [6.07, 6.45) is 10.9. The first-order valence-electron chi connectivity index (χ1n) is 13.5. The third kappa shape index (κ3) is 3.64. The summed E-state index contributed by atoms with van der Waals surface area (Å²) in [5.74, 6) is 1.46. The molecule has 7 heteroatoms. The number of rotatable bonds is 3. The number of pyridine rings is 1. The van der Waals surface area contributed by atoms with Gasteiger partial charge in [-0.2, -0.15) is 9.83 Å². The van der Waals surface area contributed by atoms with Crippen molar-refractivity contribution in [3.63, 3.8) is 0 Å². The van der Waals surface area contributed by atoms with Gasteiger partial charge in [-0.1, -0.05) is 47.5 Å². The number of fused-ring (bicyclic) bond motifs is 1. The molecule has 0 radical (unpaired) electrons. The number of thiol groups is 1. The van der Waals surface area contributed by atoms with Crippen molar-refractivity contribution in [3.8, 4) is 6.07 Å². The second-order valence-corrected chi connectivity index (χ2v) is 13.3. The summed E-state index contributed by atoms with van der Waals surface area (Å²) >= 11 is 17.6. The van der Waals surface area contributed by atoms with Crippen LogP contribution >= 0.6 is 35.8 Å². The minimum absolute atomic E-state index is 0.311. The van der Waals surface area contributed by atoms with Gasteiger partial charge in [0.05, 0.1) is 32.6 Å². The van der Waals surface area contributed by atoms with Crippen molar-refractivity contribution in [2.45, 2.75) is 56.2 Å². The number of hydrogen-bond donors (Lipinski definition) is 3. The quantitative estimate of drug-likeness (QED) is 0.239. The van der Waals surface area contributed by atoms with Gasteiger partial charge in [0, 0.05) is 16.9 Å². The maximum absolute atomic E-state index is 13.2. The van der Waals surface area contributed by atoms with Crippen LogP contribution in [0.5, 0.6) is 0 Å². The van der Waals surface area contributed by atoms with Crippen molar-refractivity contribution in [1.82, 2.24) is 5.32 Å². The third-order valence-corrected chi connectivity index (χ3v) is 11.0. The topological polar surface area (TPSA) is 59.9 Å². The van der Waals surface area contributed by atoms with E-state index in [0.717, 1.165) is 35.6 Å². The fourth-order valence-electron chi connectivity index (χ4n) is 8.78. The van der Waals surface area contributed by atoms with Crippen LogP contribution in [0.4, 0.5) is 0 Å². The molecule has 3 atom stereocenters. The Bertz CT molecular complexity index is 1500. The molecular weight excluding hydrogens is 533 g/mol. The highest BCUT2D eigenvalue weighted by molar-refractivity contribution is 7.84. The molecule has 4 saturated carbocycles. The van der Waals surface area contributed by atoms with Gasteiger partial charge >= 0.3 is 0 Å².